The first-order valence-corrected chi connectivity index (χ1v) is 20.4. The van der Waals surface area contributed by atoms with Crippen molar-refractivity contribution in [2.24, 2.45) is 5.73 Å². The Morgan fingerprint density at radius 2 is 1.12 bits per heavy atom. The lowest BCUT2D eigenvalue weighted by Crippen LogP contribution is -2.46. The van der Waals surface area contributed by atoms with Crippen LogP contribution >= 0.6 is 0 Å². The van der Waals surface area contributed by atoms with Crippen LogP contribution in [0.4, 0.5) is 0 Å². The van der Waals surface area contributed by atoms with Crippen LogP contribution in [-0.4, -0.2) is 226 Å². The number of nitrogens with zero attached hydrogens (tertiary/aromatic N) is 4. The molecule has 0 aliphatic carbocycles. The summed E-state index contributed by atoms with van der Waals surface area (Å²) in [6.07, 6.45) is 4.38. The fourth-order valence-corrected chi connectivity index (χ4v) is 5.81. The second-order valence-electron chi connectivity index (χ2n) is 13.8. The molecule has 0 bridgehead atoms. The highest BCUT2D eigenvalue weighted by Gasteiger charge is 2.22. The van der Waals surface area contributed by atoms with E-state index in [9.17, 15) is 24.0 Å². The third-order valence-electron chi connectivity index (χ3n) is 9.32. The summed E-state index contributed by atoms with van der Waals surface area (Å²) >= 11 is 0. The normalized spacial score (nSPS) is 18.8. The molecule has 0 atom stereocenters. The summed E-state index contributed by atoms with van der Waals surface area (Å²) in [5.41, 5.74) is 5.20. The SMILES string of the molecule is CN(CCN1CCNCCNCCNCC1)C(=O)CNC(=O)CN.O=C(CCCN1CCNCCNCCNCC1)CCOCCOCCN1C(=O)C=CC1=O. The van der Waals surface area contributed by atoms with E-state index in [4.69, 9.17) is 15.2 Å². The molecular weight excluding hydrogens is 724 g/mol. The number of ether oxygens (including phenoxy) is 2. The summed E-state index contributed by atoms with van der Waals surface area (Å²) in [4.78, 5) is 65.5. The molecule has 2 fully saturated rings. The molecule has 0 spiro atoms. The molecule has 3 rings (SSSR count). The van der Waals surface area contributed by atoms with Gasteiger partial charge in [-0.25, -0.2) is 0 Å². The van der Waals surface area contributed by atoms with E-state index in [0.29, 0.717) is 39.2 Å². The van der Waals surface area contributed by atoms with Crippen molar-refractivity contribution in [1.82, 2.24) is 56.8 Å². The first-order valence-electron chi connectivity index (χ1n) is 20.4. The molecule has 19 heteroatoms. The van der Waals surface area contributed by atoms with Crippen LogP contribution in [0.3, 0.4) is 0 Å². The Morgan fingerprint density at radius 3 is 1.62 bits per heavy atom. The zero-order valence-electron chi connectivity index (χ0n) is 33.9. The van der Waals surface area contributed by atoms with Crippen LogP contribution in [0.5, 0.6) is 0 Å². The van der Waals surface area contributed by atoms with Crippen molar-refractivity contribution >= 4 is 29.4 Å². The number of imide groups is 1. The van der Waals surface area contributed by atoms with E-state index in [1.54, 1.807) is 11.9 Å². The van der Waals surface area contributed by atoms with Gasteiger partial charge in [0.25, 0.3) is 11.8 Å². The van der Waals surface area contributed by atoms with E-state index >= 15 is 0 Å². The van der Waals surface area contributed by atoms with Gasteiger partial charge in [0.2, 0.25) is 11.8 Å². The number of ketones is 1. The van der Waals surface area contributed by atoms with Crippen molar-refractivity contribution in [2.75, 3.05) is 177 Å². The minimum absolute atomic E-state index is 0.00262. The Kier molecular flexibility index (Phi) is 29.0. The van der Waals surface area contributed by atoms with Crippen molar-refractivity contribution in [3.8, 4) is 0 Å². The van der Waals surface area contributed by atoms with E-state index in [0.717, 1.165) is 129 Å². The highest BCUT2D eigenvalue weighted by molar-refractivity contribution is 6.12. The lowest BCUT2D eigenvalue weighted by molar-refractivity contribution is -0.137. The van der Waals surface area contributed by atoms with Gasteiger partial charge in [-0.05, 0) is 13.0 Å². The number of amides is 4. The number of nitrogens with two attached hydrogens (primary N) is 1. The highest BCUT2D eigenvalue weighted by Crippen LogP contribution is 2.03. The van der Waals surface area contributed by atoms with Gasteiger partial charge in [0.1, 0.15) is 5.78 Å². The quantitative estimate of drug-likeness (QED) is 0.0455. The van der Waals surface area contributed by atoms with Gasteiger partial charge in [-0.2, -0.15) is 0 Å². The summed E-state index contributed by atoms with van der Waals surface area (Å²) in [7, 11) is 1.76. The van der Waals surface area contributed by atoms with Gasteiger partial charge in [-0.3, -0.25) is 33.8 Å². The van der Waals surface area contributed by atoms with E-state index < -0.39 is 0 Å². The topological polar surface area (TPSA) is 227 Å². The van der Waals surface area contributed by atoms with Crippen LogP contribution in [0.15, 0.2) is 12.2 Å². The average molecular weight is 797 g/mol. The van der Waals surface area contributed by atoms with Crippen molar-refractivity contribution in [3.63, 3.8) is 0 Å². The Hall–Kier alpha value is -2.95. The predicted molar refractivity (Wildman–Crippen MR) is 216 cm³/mol. The smallest absolute Gasteiger partial charge is 0.253 e. The Bertz CT molecular complexity index is 1090. The van der Waals surface area contributed by atoms with E-state index in [1.807, 2.05) is 0 Å². The molecule has 0 unspecified atom stereocenters. The van der Waals surface area contributed by atoms with Gasteiger partial charge in [0.05, 0.1) is 46.1 Å². The predicted octanol–water partition coefficient (Wildman–Crippen LogP) is -4.63. The summed E-state index contributed by atoms with van der Waals surface area (Å²) in [5.74, 6) is -0.800. The average Bonchev–Trinajstić information content (AvgIpc) is 3.51. The summed E-state index contributed by atoms with van der Waals surface area (Å²) < 4.78 is 10.8. The molecule has 0 aromatic heterocycles. The van der Waals surface area contributed by atoms with Crippen LogP contribution in [0.2, 0.25) is 0 Å². The van der Waals surface area contributed by atoms with Gasteiger partial charge in [0, 0.05) is 150 Å². The van der Waals surface area contributed by atoms with Gasteiger partial charge < -0.3 is 62.2 Å². The second-order valence-corrected chi connectivity index (χ2v) is 13.8. The third kappa shape index (κ3) is 25.3. The Balaban J connectivity index is 0.000000404. The number of Topliss-reactive ketones (excluding diaryl/α,β-unsaturated/α-hetero) is 1. The number of carbonyl (C=O) groups is 5. The molecule has 3 heterocycles. The maximum absolute atomic E-state index is 12.1. The van der Waals surface area contributed by atoms with Crippen molar-refractivity contribution < 1.29 is 33.4 Å². The molecule has 322 valence electrons. The van der Waals surface area contributed by atoms with E-state index in [-0.39, 0.29) is 55.7 Å². The maximum Gasteiger partial charge on any atom is 0.253 e. The van der Waals surface area contributed by atoms with Gasteiger partial charge in [-0.1, -0.05) is 0 Å². The van der Waals surface area contributed by atoms with Gasteiger partial charge in [0.15, 0.2) is 0 Å². The zero-order chi connectivity index (χ0) is 40.5. The zero-order valence-corrected chi connectivity index (χ0v) is 33.9. The molecule has 3 aliphatic heterocycles. The molecule has 0 saturated carbocycles. The maximum atomic E-state index is 12.1. The second kappa shape index (κ2) is 33.1. The molecule has 2 saturated heterocycles. The van der Waals surface area contributed by atoms with Gasteiger partial charge >= 0.3 is 0 Å². The molecule has 9 N–H and O–H groups in total. The first-order chi connectivity index (χ1) is 27.3. The van der Waals surface area contributed by atoms with Crippen molar-refractivity contribution in [2.45, 2.75) is 19.3 Å². The van der Waals surface area contributed by atoms with Crippen LogP contribution < -0.4 is 43.0 Å². The number of hydrogen-bond acceptors (Lipinski definition) is 16. The fraction of sp³-hybridized carbons (Fsp3) is 0.811. The minimum atomic E-state index is -0.313. The Morgan fingerprint density at radius 1 is 0.661 bits per heavy atom. The lowest BCUT2D eigenvalue weighted by atomic mass is 10.1. The first kappa shape index (κ1) is 49.2. The fourth-order valence-electron chi connectivity index (χ4n) is 5.81. The monoisotopic (exact) mass is 797 g/mol. The van der Waals surface area contributed by atoms with Crippen molar-refractivity contribution in [3.05, 3.63) is 12.2 Å². The summed E-state index contributed by atoms with van der Waals surface area (Å²) in [6, 6.07) is 0. The van der Waals surface area contributed by atoms with E-state index in [1.165, 1.54) is 12.2 Å². The minimum Gasteiger partial charge on any atom is -0.379 e. The lowest BCUT2D eigenvalue weighted by Gasteiger charge is -2.26. The molecule has 0 radical (unpaired) electrons. The standard InChI is InChI=1S/C22H39N5O5.C15H33N7O2/c28-20(2-1-12-26-13-10-24-8-6-23-7-9-25-11-14-26)5-16-31-18-19-32-17-15-27-21(29)3-4-22(27)30;1-21(15(24)13-20-14(23)12-16)10-11-22-8-6-18-4-2-17-3-5-19-7-9-22/h3-4,23-25H,1-2,5-19H2;17-19H,2-13,16H2,1H3,(H,20,23). The van der Waals surface area contributed by atoms with Crippen LogP contribution in [-0.2, 0) is 33.4 Å². The Labute approximate surface area is 333 Å². The third-order valence-corrected chi connectivity index (χ3v) is 9.32. The molecule has 0 aromatic carbocycles. The number of nitrogens with one attached hydrogen (secondary N) is 7. The summed E-state index contributed by atoms with van der Waals surface area (Å²) in [6.45, 7) is 19.5. The molecule has 19 nitrogen and oxygen atoms in total. The largest absolute Gasteiger partial charge is 0.379 e. The molecular formula is C37H72N12O7. The van der Waals surface area contributed by atoms with Gasteiger partial charge in [-0.15, -0.1) is 0 Å². The molecule has 56 heavy (non-hydrogen) atoms. The van der Waals surface area contributed by atoms with Crippen LogP contribution in [0.1, 0.15) is 19.3 Å². The molecule has 4 amide bonds. The highest BCUT2D eigenvalue weighted by atomic mass is 16.5. The van der Waals surface area contributed by atoms with Crippen LogP contribution in [0, 0.1) is 0 Å². The van der Waals surface area contributed by atoms with Crippen molar-refractivity contribution in [1.29, 1.82) is 0 Å². The number of hydrogen-bond donors (Lipinski definition) is 8. The number of rotatable bonds is 19. The summed E-state index contributed by atoms with van der Waals surface area (Å²) in [5, 5.41) is 23.0. The van der Waals surface area contributed by atoms with Crippen LogP contribution in [0.25, 0.3) is 0 Å². The number of likely N-dealkylation sites (N-methyl/N-ethyl adjacent to an activating group) is 1. The van der Waals surface area contributed by atoms with E-state index in [2.05, 4.69) is 47.0 Å². The molecule has 0 aromatic rings. The molecule has 3 aliphatic rings. The number of carbonyl (C=O) groups excluding carboxylic acids is 5.